The fourth-order valence-corrected chi connectivity index (χ4v) is 9.67. The predicted octanol–water partition coefficient (Wildman–Crippen LogP) is 14.5. The first-order chi connectivity index (χ1) is 24.7. The number of aryl methyl sites for hydroxylation is 1. The normalized spacial score (nSPS) is 13.3. The summed E-state index contributed by atoms with van der Waals surface area (Å²) < 4.78 is 1.37. The third-order valence-electron chi connectivity index (χ3n) is 10.8. The second-order valence-electron chi connectivity index (χ2n) is 13.5. The number of thiophene rings is 1. The summed E-state index contributed by atoms with van der Waals surface area (Å²) >= 11 is 1.96. The van der Waals surface area contributed by atoms with E-state index in [0.717, 1.165) is 12.8 Å². The van der Waals surface area contributed by atoms with Crippen molar-refractivity contribution < 1.29 is 0 Å². The van der Waals surface area contributed by atoms with Gasteiger partial charge in [0, 0.05) is 15.0 Å². The van der Waals surface area contributed by atoms with Gasteiger partial charge in [0.15, 0.2) is 0 Å². The zero-order valence-corrected chi connectivity index (χ0v) is 28.8. The zero-order chi connectivity index (χ0) is 33.3. The van der Waals surface area contributed by atoms with Gasteiger partial charge >= 0.3 is 0 Å². The highest BCUT2D eigenvalue weighted by atomic mass is 32.1. The Balaban J connectivity index is 1.12. The van der Waals surface area contributed by atoms with E-state index in [9.17, 15) is 0 Å². The van der Waals surface area contributed by atoms with Gasteiger partial charge in [0.2, 0.25) is 0 Å². The van der Waals surface area contributed by atoms with Crippen LogP contribution in [0.2, 0.25) is 0 Å². The van der Waals surface area contributed by atoms with Gasteiger partial charge in [0.1, 0.15) is 0 Å². The lowest BCUT2D eigenvalue weighted by Crippen LogP contribution is -1.97. The topological polar surface area (TPSA) is 0 Å². The molecule has 1 heteroatoms. The molecule has 0 fully saturated rings. The largest absolute Gasteiger partial charge is 0.140 e. The SMILES string of the molecule is C=Cc1c(/C=C\C)c2ccc(C3=Cc4c(sc5ccc(-c6ccc7c8ccccc8c8ccccc8c7c6)cc45)CC3)cc2c2ccccc12. The second-order valence-corrected chi connectivity index (χ2v) is 14.6. The van der Waals surface area contributed by atoms with Gasteiger partial charge in [-0.3, -0.25) is 0 Å². The van der Waals surface area contributed by atoms with Gasteiger partial charge in [-0.25, -0.2) is 0 Å². The molecule has 1 aliphatic carbocycles. The summed E-state index contributed by atoms with van der Waals surface area (Å²) in [6.07, 6.45) is 11.0. The third kappa shape index (κ3) is 4.37. The van der Waals surface area contributed by atoms with Crippen LogP contribution in [-0.2, 0) is 6.42 Å². The van der Waals surface area contributed by atoms with Crippen molar-refractivity contribution in [2.24, 2.45) is 0 Å². The van der Waals surface area contributed by atoms with Gasteiger partial charge in [-0.05, 0) is 143 Å². The molecule has 0 aliphatic heterocycles. The van der Waals surface area contributed by atoms with Crippen LogP contribution < -0.4 is 0 Å². The molecule has 0 amide bonds. The number of fused-ring (bicyclic) bond motifs is 12. The Morgan fingerprint density at radius 2 is 1.00 bits per heavy atom. The van der Waals surface area contributed by atoms with Crippen LogP contribution in [0.5, 0.6) is 0 Å². The fourth-order valence-electron chi connectivity index (χ4n) is 8.51. The molecule has 0 saturated carbocycles. The van der Waals surface area contributed by atoms with Crippen molar-refractivity contribution in [2.45, 2.75) is 19.8 Å². The van der Waals surface area contributed by atoms with Crippen molar-refractivity contribution in [3.8, 4) is 11.1 Å². The maximum absolute atomic E-state index is 4.18. The van der Waals surface area contributed by atoms with Crippen LogP contribution in [-0.4, -0.2) is 0 Å². The molecule has 1 aliphatic rings. The highest BCUT2D eigenvalue weighted by Gasteiger charge is 2.20. The predicted molar refractivity (Wildman–Crippen MR) is 222 cm³/mol. The van der Waals surface area contributed by atoms with E-state index in [1.165, 1.54) is 108 Å². The highest BCUT2D eigenvalue weighted by molar-refractivity contribution is 7.19. The van der Waals surface area contributed by atoms with E-state index in [0.29, 0.717) is 0 Å². The minimum atomic E-state index is 1.05. The molecule has 0 spiro atoms. The van der Waals surface area contributed by atoms with E-state index >= 15 is 0 Å². The Bertz CT molecular complexity index is 2910. The molecule has 10 rings (SSSR count). The summed E-state index contributed by atoms with van der Waals surface area (Å²) in [5, 5.41) is 14.4. The Morgan fingerprint density at radius 1 is 0.500 bits per heavy atom. The molecule has 1 heterocycles. The maximum Gasteiger partial charge on any atom is 0.0352 e. The summed E-state index contributed by atoms with van der Waals surface area (Å²) in [6.45, 7) is 6.27. The molecule has 1 aromatic heterocycles. The minimum absolute atomic E-state index is 1.05. The van der Waals surface area contributed by atoms with Crippen molar-refractivity contribution in [3.63, 3.8) is 0 Å². The highest BCUT2D eigenvalue weighted by Crippen LogP contribution is 2.44. The number of hydrogen-bond acceptors (Lipinski definition) is 1. The molecule has 0 saturated heterocycles. The van der Waals surface area contributed by atoms with E-state index in [1.54, 1.807) is 0 Å². The second kappa shape index (κ2) is 11.4. The molecule has 8 aromatic carbocycles. The molecule has 0 N–H and O–H groups in total. The summed E-state index contributed by atoms with van der Waals surface area (Å²) in [5.41, 5.74) is 9.10. The third-order valence-corrected chi connectivity index (χ3v) is 12.1. The summed E-state index contributed by atoms with van der Waals surface area (Å²) in [7, 11) is 0. The molecule has 50 heavy (non-hydrogen) atoms. The summed E-state index contributed by atoms with van der Waals surface area (Å²) in [5.74, 6) is 0. The lowest BCUT2D eigenvalue weighted by molar-refractivity contribution is 1.03. The van der Waals surface area contributed by atoms with Gasteiger partial charge in [0.25, 0.3) is 0 Å². The Morgan fingerprint density at radius 3 is 1.68 bits per heavy atom. The van der Waals surface area contributed by atoms with E-state index in [2.05, 4.69) is 159 Å². The van der Waals surface area contributed by atoms with Crippen molar-refractivity contribution >= 4 is 99.1 Å². The first kappa shape index (κ1) is 29.2. The monoisotopic (exact) mass is 654 g/mol. The number of hydrogen-bond donors (Lipinski definition) is 0. The van der Waals surface area contributed by atoms with Crippen LogP contribution in [0.3, 0.4) is 0 Å². The zero-order valence-electron chi connectivity index (χ0n) is 28.0. The van der Waals surface area contributed by atoms with Crippen LogP contribution in [0, 0.1) is 0 Å². The van der Waals surface area contributed by atoms with Crippen LogP contribution in [0.25, 0.3) is 98.9 Å². The molecular formula is C49H34S. The van der Waals surface area contributed by atoms with Gasteiger partial charge in [-0.1, -0.05) is 128 Å². The van der Waals surface area contributed by atoms with Gasteiger partial charge in [-0.15, -0.1) is 11.3 Å². The maximum atomic E-state index is 4.18. The quantitative estimate of drug-likeness (QED) is 0.166. The first-order valence-corrected chi connectivity index (χ1v) is 18.4. The van der Waals surface area contributed by atoms with Crippen molar-refractivity contribution in [3.05, 3.63) is 167 Å². The Kier molecular flexibility index (Phi) is 6.66. The number of rotatable bonds is 4. The van der Waals surface area contributed by atoms with E-state index in [-0.39, 0.29) is 0 Å². The van der Waals surface area contributed by atoms with Crippen LogP contribution in [0.4, 0.5) is 0 Å². The van der Waals surface area contributed by atoms with E-state index in [4.69, 9.17) is 0 Å². The van der Waals surface area contributed by atoms with E-state index < -0.39 is 0 Å². The lowest BCUT2D eigenvalue weighted by atomic mass is 9.87. The molecule has 0 unspecified atom stereocenters. The minimum Gasteiger partial charge on any atom is -0.140 e. The van der Waals surface area contributed by atoms with Gasteiger partial charge in [-0.2, -0.15) is 0 Å². The average Bonchev–Trinajstić information content (AvgIpc) is 3.55. The average molecular weight is 655 g/mol. The molecule has 0 nitrogen and oxygen atoms in total. The molecule has 0 atom stereocenters. The lowest BCUT2D eigenvalue weighted by Gasteiger charge is -2.17. The molecular weight excluding hydrogens is 621 g/mol. The van der Waals surface area contributed by atoms with Crippen LogP contribution in [0.1, 0.15) is 40.5 Å². The Hall–Kier alpha value is -5.76. The fraction of sp³-hybridized carbons (Fsp3) is 0.0612. The van der Waals surface area contributed by atoms with Crippen LogP contribution >= 0.6 is 11.3 Å². The van der Waals surface area contributed by atoms with Gasteiger partial charge in [0.05, 0.1) is 0 Å². The smallest absolute Gasteiger partial charge is 0.0352 e. The molecule has 9 aromatic rings. The van der Waals surface area contributed by atoms with E-state index in [1.807, 2.05) is 17.4 Å². The number of allylic oxidation sites excluding steroid dienone is 2. The van der Waals surface area contributed by atoms with Crippen molar-refractivity contribution in [1.29, 1.82) is 0 Å². The summed E-state index contributed by atoms with van der Waals surface area (Å²) in [6, 6.07) is 47.6. The van der Waals surface area contributed by atoms with Crippen molar-refractivity contribution in [2.75, 3.05) is 0 Å². The molecule has 236 valence electrons. The molecule has 0 bridgehead atoms. The van der Waals surface area contributed by atoms with Gasteiger partial charge < -0.3 is 0 Å². The van der Waals surface area contributed by atoms with Crippen LogP contribution in [0.15, 0.2) is 140 Å². The Labute approximate surface area is 295 Å². The standard InChI is InChI=1S/C49H34S/c1-3-11-35-34(4-2)36-12-5-9-16-40(36)44-26-30(18-22-42(35)44)32-20-24-48-46(28-32)47-29-33(21-25-49(47)50-48)31-19-23-43-39-15-7-6-13-37(39)38-14-8-10-17-41(38)45(43)27-31/h3-19,21-23,25-29H,2,20,24H2,1H3/b11-3-. The first-order valence-electron chi connectivity index (χ1n) is 17.5. The summed E-state index contributed by atoms with van der Waals surface area (Å²) in [4.78, 5) is 1.49. The molecule has 0 radical (unpaired) electrons. The number of benzene rings is 8. The van der Waals surface area contributed by atoms with Crippen molar-refractivity contribution in [1.82, 2.24) is 0 Å².